The van der Waals surface area contributed by atoms with Gasteiger partial charge in [-0.1, -0.05) is 13.0 Å². The first-order chi connectivity index (χ1) is 6.65. The van der Waals surface area contributed by atoms with Crippen molar-refractivity contribution in [3.63, 3.8) is 0 Å². The molecular weight excluding hydrogens is 188 g/mol. The highest BCUT2D eigenvalue weighted by atomic mass is 19.2. The molecule has 1 aromatic carbocycles. The molecule has 1 unspecified atom stereocenters. The van der Waals surface area contributed by atoms with Gasteiger partial charge in [0.15, 0.2) is 11.6 Å². The largest absolute Gasteiger partial charge is 0.387 e. The number of rotatable bonds is 4. The average Bonchev–Trinajstić information content (AvgIpc) is 2.18. The van der Waals surface area contributed by atoms with Crippen LogP contribution in [0.3, 0.4) is 0 Å². The fraction of sp³-hybridized carbons (Fsp3) is 0.400. The van der Waals surface area contributed by atoms with Crippen LogP contribution in [0.1, 0.15) is 18.6 Å². The van der Waals surface area contributed by atoms with Crippen molar-refractivity contribution < 1.29 is 13.9 Å². The van der Waals surface area contributed by atoms with Gasteiger partial charge in [-0.25, -0.2) is 8.78 Å². The van der Waals surface area contributed by atoms with Gasteiger partial charge in [-0.2, -0.15) is 0 Å². The van der Waals surface area contributed by atoms with Crippen LogP contribution >= 0.6 is 0 Å². The van der Waals surface area contributed by atoms with Crippen LogP contribution in [0.2, 0.25) is 0 Å². The predicted octanol–water partition coefficient (Wildman–Crippen LogP) is 1.61. The number of aliphatic hydroxyl groups excluding tert-OH is 1. The number of nitrogens with one attached hydrogen (secondary N) is 1. The van der Waals surface area contributed by atoms with Gasteiger partial charge in [-0.15, -0.1) is 0 Å². The Morgan fingerprint density at radius 2 is 2.07 bits per heavy atom. The maximum Gasteiger partial charge on any atom is 0.159 e. The Labute approximate surface area is 81.6 Å². The molecule has 0 radical (unpaired) electrons. The average molecular weight is 201 g/mol. The van der Waals surface area contributed by atoms with Gasteiger partial charge in [-0.05, 0) is 24.2 Å². The molecule has 0 saturated heterocycles. The third-order valence-electron chi connectivity index (χ3n) is 1.92. The molecule has 1 aromatic rings. The van der Waals surface area contributed by atoms with Crippen molar-refractivity contribution >= 4 is 0 Å². The number of hydrogen-bond acceptors (Lipinski definition) is 2. The minimum Gasteiger partial charge on any atom is -0.387 e. The van der Waals surface area contributed by atoms with Crippen molar-refractivity contribution in [2.24, 2.45) is 0 Å². The number of benzene rings is 1. The SMILES string of the molecule is CCNCC(O)c1ccc(F)c(F)c1. The lowest BCUT2D eigenvalue weighted by molar-refractivity contribution is 0.175. The first-order valence-electron chi connectivity index (χ1n) is 4.49. The summed E-state index contributed by atoms with van der Waals surface area (Å²) in [5.74, 6) is -1.83. The maximum absolute atomic E-state index is 12.8. The van der Waals surface area contributed by atoms with E-state index in [0.717, 1.165) is 18.7 Å². The Balaban J connectivity index is 2.70. The van der Waals surface area contributed by atoms with Crippen LogP contribution in [0.5, 0.6) is 0 Å². The summed E-state index contributed by atoms with van der Waals surface area (Å²) in [6, 6.07) is 3.40. The summed E-state index contributed by atoms with van der Waals surface area (Å²) < 4.78 is 25.3. The van der Waals surface area contributed by atoms with Gasteiger partial charge in [0.25, 0.3) is 0 Å². The van der Waals surface area contributed by atoms with Crippen LogP contribution in [0.15, 0.2) is 18.2 Å². The second-order valence-electron chi connectivity index (χ2n) is 3.00. The Hall–Kier alpha value is -1.00. The smallest absolute Gasteiger partial charge is 0.159 e. The minimum absolute atomic E-state index is 0.335. The fourth-order valence-corrected chi connectivity index (χ4v) is 1.12. The molecule has 0 aromatic heterocycles. The van der Waals surface area contributed by atoms with Crippen LogP contribution in [0.25, 0.3) is 0 Å². The lowest BCUT2D eigenvalue weighted by atomic mass is 10.1. The third kappa shape index (κ3) is 2.75. The quantitative estimate of drug-likeness (QED) is 0.775. The minimum atomic E-state index is -0.932. The Morgan fingerprint density at radius 1 is 1.36 bits per heavy atom. The number of halogens is 2. The van der Waals surface area contributed by atoms with Crippen molar-refractivity contribution in [3.8, 4) is 0 Å². The second kappa shape index (κ2) is 5.02. The standard InChI is InChI=1S/C10H13F2NO/c1-2-13-6-10(14)7-3-4-8(11)9(12)5-7/h3-5,10,13-14H,2,6H2,1H3. The van der Waals surface area contributed by atoms with Gasteiger partial charge in [0.1, 0.15) is 0 Å². The topological polar surface area (TPSA) is 32.3 Å². The van der Waals surface area contributed by atoms with Crippen LogP contribution in [0, 0.1) is 11.6 Å². The van der Waals surface area contributed by atoms with Gasteiger partial charge in [-0.3, -0.25) is 0 Å². The van der Waals surface area contributed by atoms with Crippen LogP contribution in [-0.4, -0.2) is 18.2 Å². The Morgan fingerprint density at radius 3 is 2.64 bits per heavy atom. The van der Waals surface area contributed by atoms with Crippen LogP contribution in [0.4, 0.5) is 8.78 Å². The van der Waals surface area contributed by atoms with E-state index in [-0.39, 0.29) is 0 Å². The second-order valence-corrected chi connectivity index (χ2v) is 3.00. The highest BCUT2D eigenvalue weighted by molar-refractivity contribution is 5.20. The molecule has 14 heavy (non-hydrogen) atoms. The maximum atomic E-state index is 12.8. The van der Waals surface area contributed by atoms with Crippen molar-refractivity contribution in [2.75, 3.05) is 13.1 Å². The highest BCUT2D eigenvalue weighted by Gasteiger charge is 2.09. The van der Waals surface area contributed by atoms with E-state index in [4.69, 9.17) is 0 Å². The van der Waals surface area contributed by atoms with Gasteiger partial charge in [0.2, 0.25) is 0 Å². The molecule has 0 heterocycles. The summed E-state index contributed by atoms with van der Waals surface area (Å²) in [6.07, 6.45) is -0.801. The van der Waals surface area contributed by atoms with E-state index in [1.165, 1.54) is 6.07 Å². The normalized spacial score (nSPS) is 12.9. The molecule has 0 aliphatic carbocycles. The van der Waals surface area contributed by atoms with Crippen LogP contribution in [-0.2, 0) is 0 Å². The van der Waals surface area contributed by atoms with Crippen molar-refractivity contribution in [1.82, 2.24) is 5.32 Å². The molecule has 0 saturated carbocycles. The zero-order valence-electron chi connectivity index (χ0n) is 7.93. The molecule has 0 aliphatic rings. The molecule has 2 nitrogen and oxygen atoms in total. The summed E-state index contributed by atoms with van der Waals surface area (Å²) >= 11 is 0. The van der Waals surface area contributed by atoms with E-state index >= 15 is 0 Å². The van der Waals surface area contributed by atoms with Crippen molar-refractivity contribution in [2.45, 2.75) is 13.0 Å². The zero-order valence-corrected chi connectivity index (χ0v) is 7.93. The van der Waals surface area contributed by atoms with E-state index in [2.05, 4.69) is 5.32 Å². The van der Waals surface area contributed by atoms with Crippen molar-refractivity contribution in [3.05, 3.63) is 35.4 Å². The van der Waals surface area contributed by atoms with E-state index in [9.17, 15) is 13.9 Å². The summed E-state index contributed by atoms with van der Waals surface area (Å²) in [7, 11) is 0. The summed E-state index contributed by atoms with van der Waals surface area (Å²) in [5, 5.41) is 12.4. The molecule has 0 fully saturated rings. The predicted molar refractivity (Wildman–Crippen MR) is 49.9 cm³/mol. The van der Waals surface area contributed by atoms with Gasteiger partial charge in [0, 0.05) is 6.54 Å². The molecule has 78 valence electrons. The summed E-state index contributed by atoms with van der Waals surface area (Å²) in [5.41, 5.74) is 0.379. The van der Waals surface area contributed by atoms with E-state index < -0.39 is 17.7 Å². The molecule has 0 amide bonds. The first kappa shape index (κ1) is 11.1. The molecule has 0 bridgehead atoms. The molecule has 0 aliphatic heterocycles. The summed E-state index contributed by atoms with van der Waals surface area (Å²) in [6.45, 7) is 2.96. The molecule has 1 atom stereocenters. The third-order valence-corrected chi connectivity index (χ3v) is 1.92. The molecule has 0 spiro atoms. The van der Waals surface area contributed by atoms with Gasteiger partial charge in [0.05, 0.1) is 6.10 Å². The molecular formula is C10H13F2NO. The lowest BCUT2D eigenvalue weighted by Gasteiger charge is -2.11. The van der Waals surface area contributed by atoms with E-state index in [0.29, 0.717) is 12.1 Å². The van der Waals surface area contributed by atoms with Crippen LogP contribution < -0.4 is 5.32 Å². The van der Waals surface area contributed by atoms with Gasteiger partial charge < -0.3 is 10.4 Å². The number of likely N-dealkylation sites (N-methyl/N-ethyl adjacent to an activating group) is 1. The Bertz CT molecular complexity index is 304. The Kier molecular flexibility index (Phi) is 3.98. The van der Waals surface area contributed by atoms with E-state index in [1.54, 1.807) is 0 Å². The highest BCUT2D eigenvalue weighted by Crippen LogP contribution is 2.15. The molecule has 1 rings (SSSR count). The van der Waals surface area contributed by atoms with E-state index in [1.807, 2.05) is 6.92 Å². The summed E-state index contributed by atoms with van der Waals surface area (Å²) in [4.78, 5) is 0. The number of hydrogen-bond donors (Lipinski definition) is 2. The van der Waals surface area contributed by atoms with Gasteiger partial charge >= 0.3 is 0 Å². The zero-order chi connectivity index (χ0) is 10.6. The molecule has 2 N–H and O–H groups in total. The van der Waals surface area contributed by atoms with Crippen molar-refractivity contribution in [1.29, 1.82) is 0 Å². The fourth-order valence-electron chi connectivity index (χ4n) is 1.12. The monoisotopic (exact) mass is 201 g/mol. The first-order valence-corrected chi connectivity index (χ1v) is 4.49. The number of aliphatic hydroxyl groups is 1. The lowest BCUT2D eigenvalue weighted by Crippen LogP contribution is -2.20. The molecule has 4 heteroatoms.